The van der Waals surface area contributed by atoms with Crippen LogP contribution >= 0.6 is 0 Å². The van der Waals surface area contributed by atoms with Crippen LogP contribution in [0.3, 0.4) is 0 Å². The molecule has 0 radical (unpaired) electrons. The van der Waals surface area contributed by atoms with Crippen molar-refractivity contribution in [2.24, 2.45) is 0 Å². The zero-order chi connectivity index (χ0) is 30.6. The van der Waals surface area contributed by atoms with Crippen molar-refractivity contribution in [3.63, 3.8) is 0 Å². The van der Waals surface area contributed by atoms with Crippen LogP contribution in [0.25, 0.3) is 87.8 Å². The third kappa shape index (κ3) is 3.43. The van der Waals surface area contributed by atoms with Crippen molar-refractivity contribution < 1.29 is 17.7 Å². The van der Waals surface area contributed by atoms with Crippen LogP contribution in [0.15, 0.2) is 157 Å². The second kappa shape index (κ2) is 9.05. The van der Waals surface area contributed by atoms with Gasteiger partial charge in [0.1, 0.15) is 44.7 Å². The molecule has 0 fully saturated rings. The molecule has 4 heterocycles. The summed E-state index contributed by atoms with van der Waals surface area (Å²) in [7, 11) is 0. The van der Waals surface area contributed by atoms with Crippen molar-refractivity contribution in [3.8, 4) is 0 Å². The molecule has 0 aliphatic carbocycles. The standard InChI is InChI=1S/C42H23NO4/c1-5-13-33-26(9-1)28-19-17-24(21-37(28)44-33)43(25-18-20-29-27-10-2-6-14-34(27)45-38(29)22-25)32-23-39-41(31-12-4-7-15-35(31)46-39)42-40(32)30-11-3-8-16-36(30)47-42/h1-23H. The number of hydrogen-bond acceptors (Lipinski definition) is 5. The van der Waals surface area contributed by atoms with E-state index in [0.717, 1.165) is 105 Å². The minimum absolute atomic E-state index is 0.757. The van der Waals surface area contributed by atoms with Gasteiger partial charge in [0.05, 0.1) is 16.5 Å². The lowest BCUT2D eigenvalue weighted by molar-refractivity contribution is 0.663. The van der Waals surface area contributed by atoms with Crippen LogP contribution in [-0.4, -0.2) is 0 Å². The van der Waals surface area contributed by atoms with Gasteiger partial charge in [-0.1, -0.05) is 72.8 Å². The van der Waals surface area contributed by atoms with Crippen LogP contribution in [0, 0.1) is 0 Å². The molecular formula is C42H23NO4. The fraction of sp³-hybridized carbons (Fsp3) is 0. The van der Waals surface area contributed by atoms with Crippen molar-refractivity contribution in [3.05, 3.63) is 140 Å². The summed E-state index contributed by atoms with van der Waals surface area (Å²) in [5.41, 5.74) is 9.36. The van der Waals surface area contributed by atoms with Gasteiger partial charge >= 0.3 is 0 Å². The van der Waals surface area contributed by atoms with Gasteiger partial charge in [0.2, 0.25) is 0 Å². The summed E-state index contributed by atoms with van der Waals surface area (Å²) in [5, 5.41) is 8.37. The zero-order valence-electron chi connectivity index (χ0n) is 24.9. The third-order valence-corrected chi connectivity index (χ3v) is 9.45. The molecule has 0 aliphatic heterocycles. The number of rotatable bonds is 3. The van der Waals surface area contributed by atoms with Gasteiger partial charge in [-0.15, -0.1) is 0 Å². The minimum atomic E-state index is 0.757. The lowest BCUT2D eigenvalue weighted by atomic mass is 10.0. The van der Waals surface area contributed by atoms with Crippen molar-refractivity contribution in [2.75, 3.05) is 4.90 Å². The highest BCUT2D eigenvalue weighted by atomic mass is 16.3. The Balaban J connectivity index is 1.27. The van der Waals surface area contributed by atoms with Crippen molar-refractivity contribution in [1.29, 1.82) is 0 Å². The maximum atomic E-state index is 6.69. The molecule has 0 spiro atoms. The molecule has 5 heteroatoms. The molecule has 5 nitrogen and oxygen atoms in total. The number of benzene rings is 7. The summed E-state index contributed by atoms with van der Waals surface area (Å²) in [6.07, 6.45) is 0. The maximum Gasteiger partial charge on any atom is 0.149 e. The molecule has 7 aromatic carbocycles. The van der Waals surface area contributed by atoms with Gasteiger partial charge < -0.3 is 22.6 Å². The molecule has 0 bridgehead atoms. The Morgan fingerprint density at radius 1 is 0.319 bits per heavy atom. The van der Waals surface area contributed by atoms with E-state index >= 15 is 0 Å². The van der Waals surface area contributed by atoms with Crippen LogP contribution in [0.1, 0.15) is 0 Å². The minimum Gasteiger partial charge on any atom is -0.456 e. The summed E-state index contributed by atoms with van der Waals surface area (Å²) in [4.78, 5) is 2.26. The smallest absolute Gasteiger partial charge is 0.149 e. The number of fused-ring (bicyclic) bond motifs is 13. The third-order valence-electron chi connectivity index (χ3n) is 9.45. The van der Waals surface area contributed by atoms with E-state index in [-0.39, 0.29) is 0 Å². The van der Waals surface area contributed by atoms with E-state index < -0.39 is 0 Å². The molecule has 0 amide bonds. The average Bonchev–Trinajstić information content (AvgIpc) is 3.87. The second-order valence-corrected chi connectivity index (χ2v) is 12.1. The van der Waals surface area contributed by atoms with E-state index in [9.17, 15) is 0 Å². The average molecular weight is 606 g/mol. The van der Waals surface area contributed by atoms with Crippen molar-refractivity contribution >= 4 is 105 Å². The molecule has 47 heavy (non-hydrogen) atoms. The van der Waals surface area contributed by atoms with Crippen LogP contribution in [-0.2, 0) is 0 Å². The summed E-state index contributed by atoms with van der Waals surface area (Å²) in [5.74, 6) is 0. The first-order chi connectivity index (χ1) is 23.3. The number of anilines is 3. The van der Waals surface area contributed by atoms with Gasteiger partial charge in [0.15, 0.2) is 0 Å². The molecular weight excluding hydrogens is 582 g/mol. The summed E-state index contributed by atoms with van der Waals surface area (Å²) >= 11 is 0. The fourth-order valence-electron chi connectivity index (χ4n) is 7.38. The largest absolute Gasteiger partial charge is 0.456 e. The normalized spacial score (nSPS) is 12.3. The molecule has 0 saturated carbocycles. The van der Waals surface area contributed by atoms with Gasteiger partial charge in [-0.3, -0.25) is 0 Å². The van der Waals surface area contributed by atoms with Crippen LogP contribution in [0.4, 0.5) is 17.1 Å². The van der Waals surface area contributed by atoms with E-state index in [0.29, 0.717) is 0 Å². The van der Waals surface area contributed by atoms with Gasteiger partial charge in [0, 0.05) is 61.9 Å². The van der Waals surface area contributed by atoms with E-state index in [1.165, 1.54) is 0 Å². The van der Waals surface area contributed by atoms with Crippen LogP contribution in [0.5, 0.6) is 0 Å². The van der Waals surface area contributed by atoms with Gasteiger partial charge in [0.25, 0.3) is 0 Å². The number of hydrogen-bond donors (Lipinski definition) is 0. The molecule has 4 aromatic heterocycles. The lowest BCUT2D eigenvalue weighted by Gasteiger charge is -2.26. The molecule has 0 N–H and O–H groups in total. The number of furan rings is 4. The predicted octanol–water partition coefficient (Wildman–Crippen LogP) is 12.8. The zero-order valence-corrected chi connectivity index (χ0v) is 24.9. The molecule has 11 aromatic rings. The highest BCUT2D eigenvalue weighted by Crippen LogP contribution is 2.49. The molecule has 220 valence electrons. The van der Waals surface area contributed by atoms with Gasteiger partial charge in [-0.05, 0) is 48.5 Å². The van der Waals surface area contributed by atoms with Crippen molar-refractivity contribution in [1.82, 2.24) is 0 Å². The van der Waals surface area contributed by atoms with Crippen LogP contribution in [0.2, 0.25) is 0 Å². The van der Waals surface area contributed by atoms with Gasteiger partial charge in [-0.2, -0.15) is 0 Å². The number of nitrogens with zero attached hydrogens (tertiary/aromatic N) is 1. The van der Waals surface area contributed by atoms with E-state index in [4.69, 9.17) is 17.7 Å². The summed E-state index contributed by atoms with van der Waals surface area (Å²) in [6.45, 7) is 0. The lowest BCUT2D eigenvalue weighted by Crippen LogP contribution is -2.10. The number of para-hydroxylation sites is 4. The van der Waals surface area contributed by atoms with E-state index in [2.05, 4.69) is 77.7 Å². The monoisotopic (exact) mass is 605 g/mol. The Bertz CT molecular complexity index is 2930. The topological polar surface area (TPSA) is 55.8 Å². The second-order valence-electron chi connectivity index (χ2n) is 12.1. The Kier molecular flexibility index (Phi) is 4.78. The predicted molar refractivity (Wildman–Crippen MR) is 190 cm³/mol. The van der Waals surface area contributed by atoms with E-state index in [1.54, 1.807) is 0 Å². The first kappa shape index (κ1) is 24.8. The summed E-state index contributed by atoms with van der Waals surface area (Å²) in [6, 6.07) is 47.7. The molecule has 0 saturated heterocycles. The Morgan fingerprint density at radius 3 is 1.32 bits per heavy atom. The fourth-order valence-corrected chi connectivity index (χ4v) is 7.38. The highest BCUT2D eigenvalue weighted by Gasteiger charge is 2.25. The Morgan fingerprint density at radius 2 is 0.745 bits per heavy atom. The quantitative estimate of drug-likeness (QED) is 0.201. The SMILES string of the molecule is c1ccc2c(c1)oc1cc(N(c3ccc4c(c3)oc3ccccc34)c3cc4oc5ccccc5c4c4oc5ccccc5c34)ccc12. The molecule has 11 rings (SSSR count). The first-order valence-corrected chi connectivity index (χ1v) is 15.7. The first-order valence-electron chi connectivity index (χ1n) is 15.7. The van der Waals surface area contributed by atoms with Gasteiger partial charge in [-0.25, -0.2) is 0 Å². The van der Waals surface area contributed by atoms with Crippen molar-refractivity contribution in [2.45, 2.75) is 0 Å². The van der Waals surface area contributed by atoms with Crippen LogP contribution < -0.4 is 4.90 Å². The Hall–Kier alpha value is -6.46. The molecule has 0 atom stereocenters. The molecule has 0 aliphatic rings. The maximum absolute atomic E-state index is 6.69. The van der Waals surface area contributed by atoms with E-state index in [1.807, 2.05) is 66.7 Å². The Labute approximate surface area is 266 Å². The molecule has 0 unspecified atom stereocenters. The highest BCUT2D eigenvalue weighted by molar-refractivity contribution is 6.26. The summed E-state index contributed by atoms with van der Waals surface area (Å²) < 4.78 is 26.0.